The highest BCUT2D eigenvalue weighted by atomic mass is 32.1. The van der Waals surface area contributed by atoms with Crippen LogP contribution in [0.1, 0.15) is 17.1 Å². The summed E-state index contributed by atoms with van der Waals surface area (Å²) in [6, 6.07) is 12.1. The van der Waals surface area contributed by atoms with Crippen LogP contribution in [0.3, 0.4) is 0 Å². The highest BCUT2D eigenvalue weighted by Crippen LogP contribution is 2.15. The van der Waals surface area contributed by atoms with Gasteiger partial charge >= 0.3 is 0 Å². The quantitative estimate of drug-likeness (QED) is 0.556. The summed E-state index contributed by atoms with van der Waals surface area (Å²) in [4.78, 5) is 17.4. The standard InChI is InChI=1S/C18H19N3OS/c1-14-20-16-7-2-3-8-17(16)21(14)12-5-11-19-18(22)10-9-15-6-4-13-23-15/h2-4,6-10,13H,5,11-12H2,1H3,(H,19,22)/b10-9+. The maximum absolute atomic E-state index is 11.8. The van der Waals surface area contributed by atoms with Crippen molar-refractivity contribution in [2.24, 2.45) is 0 Å². The zero-order valence-electron chi connectivity index (χ0n) is 13.0. The van der Waals surface area contributed by atoms with Gasteiger partial charge in [0.25, 0.3) is 0 Å². The smallest absolute Gasteiger partial charge is 0.244 e. The number of nitrogens with one attached hydrogen (secondary N) is 1. The number of benzene rings is 1. The number of rotatable bonds is 6. The van der Waals surface area contributed by atoms with Gasteiger partial charge in [-0.1, -0.05) is 18.2 Å². The van der Waals surface area contributed by atoms with Crippen molar-refractivity contribution in [3.63, 3.8) is 0 Å². The van der Waals surface area contributed by atoms with Crippen LogP contribution in [0.25, 0.3) is 17.1 Å². The summed E-state index contributed by atoms with van der Waals surface area (Å²) in [5.74, 6) is 0.959. The molecule has 4 nitrogen and oxygen atoms in total. The number of para-hydroxylation sites is 2. The molecule has 0 aliphatic rings. The van der Waals surface area contributed by atoms with E-state index in [4.69, 9.17) is 0 Å². The fraction of sp³-hybridized carbons (Fsp3) is 0.222. The van der Waals surface area contributed by atoms with Gasteiger partial charge in [-0.3, -0.25) is 4.79 Å². The summed E-state index contributed by atoms with van der Waals surface area (Å²) in [6.45, 7) is 3.52. The summed E-state index contributed by atoms with van der Waals surface area (Å²) < 4.78 is 2.20. The van der Waals surface area contributed by atoms with Crippen LogP contribution in [0.4, 0.5) is 0 Å². The van der Waals surface area contributed by atoms with Gasteiger partial charge in [-0.15, -0.1) is 11.3 Å². The van der Waals surface area contributed by atoms with Gasteiger partial charge in [-0.25, -0.2) is 4.98 Å². The van der Waals surface area contributed by atoms with E-state index in [2.05, 4.69) is 20.9 Å². The molecule has 0 spiro atoms. The van der Waals surface area contributed by atoms with Crippen LogP contribution in [0.2, 0.25) is 0 Å². The van der Waals surface area contributed by atoms with E-state index in [1.165, 1.54) is 0 Å². The average molecular weight is 325 g/mol. The van der Waals surface area contributed by atoms with Crippen LogP contribution in [0.15, 0.2) is 47.9 Å². The number of nitrogens with zero attached hydrogens (tertiary/aromatic N) is 2. The fourth-order valence-electron chi connectivity index (χ4n) is 2.53. The molecule has 0 aliphatic heterocycles. The predicted molar refractivity (Wildman–Crippen MR) is 95.4 cm³/mol. The lowest BCUT2D eigenvalue weighted by Crippen LogP contribution is -2.23. The number of thiophene rings is 1. The maximum atomic E-state index is 11.8. The Morgan fingerprint density at radius 3 is 3.00 bits per heavy atom. The molecule has 1 amide bonds. The minimum Gasteiger partial charge on any atom is -0.352 e. The van der Waals surface area contributed by atoms with Gasteiger partial charge in [-0.05, 0) is 43.0 Å². The maximum Gasteiger partial charge on any atom is 0.244 e. The Kier molecular flexibility index (Phi) is 4.88. The molecule has 0 aliphatic carbocycles. The number of hydrogen-bond acceptors (Lipinski definition) is 3. The molecule has 2 aromatic heterocycles. The summed E-state index contributed by atoms with van der Waals surface area (Å²) in [5, 5.41) is 4.92. The van der Waals surface area contributed by atoms with Crippen LogP contribution in [-0.2, 0) is 11.3 Å². The Bertz CT molecular complexity index is 818. The first-order valence-electron chi connectivity index (χ1n) is 7.65. The lowest BCUT2D eigenvalue weighted by atomic mass is 10.3. The van der Waals surface area contributed by atoms with Gasteiger partial charge < -0.3 is 9.88 Å². The highest BCUT2D eigenvalue weighted by molar-refractivity contribution is 7.10. The second kappa shape index (κ2) is 7.24. The largest absolute Gasteiger partial charge is 0.352 e. The van der Waals surface area contributed by atoms with E-state index in [9.17, 15) is 4.79 Å². The van der Waals surface area contributed by atoms with E-state index in [0.717, 1.165) is 34.7 Å². The van der Waals surface area contributed by atoms with Crippen molar-refractivity contribution in [3.8, 4) is 0 Å². The van der Waals surface area contributed by atoms with Gasteiger partial charge in [0.1, 0.15) is 5.82 Å². The predicted octanol–water partition coefficient (Wildman–Crippen LogP) is 3.63. The second-order valence-corrected chi connectivity index (χ2v) is 6.27. The highest BCUT2D eigenvalue weighted by Gasteiger charge is 2.06. The van der Waals surface area contributed by atoms with E-state index >= 15 is 0 Å². The van der Waals surface area contributed by atoms with Crippen molar-refractivity contribution in [2.45, 2.75) is 19.9 Å². The molecule has 2 heterocycles. The summed E-state index contributed by atoms with van der Waals surface area (Å²) in [6.07, 6.45) is 4.30. The zero-order chi connectivity index (χ0) is 16.1. The fourth-order valence-corrected chi connectivity index (χ4v) is 3.15. The van der Waals surface area contributed by atoms with E-state index in [-0.39, 0.29) is 5.91 Å². The first-order chi connectivity index (χ1) is 11.2. The summed E-state index contributed by atoms with van der Waals surface area (Å²) >= 11 is 1.62. The van der Waals surface area contributed by atoms with E-state index in [0.29, 0.717) is 6.54 Å². The van der Waals surface area contributed by atoms with Crippen LogP contribution < -0.4 is 5.32 Å². The van der Waals surface area contributed by atoms with Crippen LogP contribution >= 0.6 is 11.3 Å². The third-order valence-corrected chi connectivity index (χ3v) is 4.48. The number of aromatic nitrogens is 2. The lowest BCUT2D eigenvalue weighted by Gasteiger charge is -2.07. The molecule has 0 fully saturated rings. The zero-order valence-corrected chi connectivity index (χ0v) is 13.8. The molecule has 1 N–H and O–H groups in total. The van der Waals surface area contributed by atoms with E-state index in [1.54, 1.807) is 17.4 Å². The van der Waals surface area contributed by atoms with Gasteiger partial charge in [0, 0.05) is 24.0 Å². The molecule has 1 aromatic carbocycles. The first-order valence-corrected chi connectivity index (χ1v) is 8.53. The number of hydrogen-bond donors (Lipinski definition) is 1. The van der Waals surface area contributed by atoms with Crippen molar-refractivity contribution < 1.29 is 4.79 Å². The molecule has 0 saturated heterocycles. The molecular weight excluding hydrogens is 306 g/mol. The molecule has 0 atom stereocenters. The van der Waals surface area contributed by atoms with Crippen LogP contribution in [0.5, 0.6) is 0 Å². The molecule has 0 radical (unpaired) electrons. The Labute approximate surface area is 139 Å². The van der Waals surface area contributed by atoms with Crippen molar-refractivity contribution in [3.05, 3.63) is 58.6 Å². The van der Waals surface area contributed by atoms with Crippen molar-refractivity contribution in [1.82, 2.24) is 14.9 Å². The number of fused-ring (bicyclic) bond motifs is 1. The normalized spacial score (nSPS) is 11.3. The lowest BCUT2D eigenvalue weighted by molar-refractivity contribution is -0.116. The number of amides is 1. The second-order valence-electron chi connectivity index (χ2n) is 5.29. The Morgan fingerprint density at radius 2 is 2.17 bits per heavy atom. The topological polar surface area (TPSA) is 46.9 Å². The van der Waals surface area contributed by atoms with E-state index in [1.807, 2.05) is 48.7 Å². The number of imidazole rings is 1. The molecule has 0 unspecified atom stereocenters. The van der Waals surface area contributed by atoms with Crippen molar-refractivity contribution in [1.29, 1.82) is 0 Å². The van der Waals surface area contributed by atoms with Gasteiger partial charge in [0.2, 0.25) is 5.91 Å². The minimum atomic E-state index is -0.0504. The van der Waals surface area contributed by atoms with Gasteiger partial charge in [0.15, 0.2) is 0 Å². The first kappa shape index (κ1) is 15.5. The third kappa shape index (κ3) is 3.87. The molecule has 3 rings (SSSR count). The SMILES string of the molecule is Cc1nc2ccccc2n1CCCNC(=O)/C=C/c1cccs1. The third-order valence-electron chi connectivity index (χ3n) is 3.65. The molecular formula is C18H19N3OS. The number of carbonyl (C=O) groups excluding carboxylic acids is 1. The van der Waals surface area contributed by atoms with Gasteiger partial charge in [0.05, 0.1) is 11.0 Å². The van der Waals surface area contributed by atoms with Crippen LogP contribution in [0, 0.1) is 6.92 Å². The minimum absolute atomic E-state index is 0.0504. The summed E-state index contributed by atoms with van der Waals surface area (Å²) in [5.41, 5.74) is 2.17. The van der Waals surface area contributed by atoms with Gasteiger partial charge in [-0.2, -0.15) is 0 Å². The molecule has 0 saturated carbocycles. The number of carbonyl (C=O) groups is 1. The van der Waals surface area contributed by atoms with Crippen molar-refractivity contribution in [2.75, 3.05) is 6.54 Å². The van der Waals surface area contributed by atoms with Crippen LogP contribution in [-0.4, -0.2) is 22.0 Å². The Balaban J connectivity index is 1.49. The monoisotopic (exact) mass is 325 g/mol. The average Bonchev–Trinajstić information content (AvgIpc) is 3.17. The van der Waals surface area contributed by atoms with Crippen molar-refractivity contribution >= 4 is 34.4 Å². The number of aryl methyl sites for hydroxylation is 2. The molecule has 118 valence electrons. The Hall–Kier alpha value is -2.40. The summed E-state index contributed by atoms with van der Waals surface area (Å²) in [7, 11) is 0. The Morgan fingerprint density at radius 1 is 1.30 bits per heavy atom. The molecule has 3 aromatic rings. The molecule has 0 bridgehead atoms. The molecule has 5 heteroatoms. The van der Waals surface area contributed by atoms with E-state index < -0.39 is 0 Å². The molecule has 23 heavy (non-hydrogen) atoms.